The number of benzene rings is 1. The highest BCUT2D eigenvalue weighted by Gasteiger charge is 2.36. The number of carbonyl (C=O) groups excluding carboxylic acids is 2. The molecule has 11 heteroatoms. The minimum Gasteiger partial charge on any atom is -0.467 e. The van der Waals surface area contributed by atoms with Gasteiger partial charge in [0.05, 0.1) is 36.2 Å². The molecule has 2 aromatic heterocycles. The summed E-state index contributed by atoms with van der Waals surface area (Å²) >= 11 is 0. The van der Waals surface area contributed by atoms with Crippen LogP contribution in [0.2, 0.25) is 0 Å². The van der Waals surface area contributed by atoms with E-state index in [4.69, 9.17) is 4.74 Å². The minimum atomic E-state index is -4.67. The van der Waals surface area contributed by atoms with Gasteiger partial charge in [-0.05, 0) is 18.2 Å². The van der Waals surface area contributed by atoms with Crippen LogP contribution in [-0.2, 0) is 12.7 Å². The lowest BCUT2D eigenvalue weighted by atomic mass is 10.1. The molecule has 8 nitrogen and oxygen atoms in total. The van der Waals surface area contributed by atoms with Gasteiger partial charge in [-0.3, -0.25) is 14.5 Å². The van der Waals surface area contributed by atoms with Crippen LogP contribution in [0.4, 0.5) is 13.2 Å². The topological polar surface area (TPSA) is 98.2 Å². The molecule has 0 bridgehead atoms. The van der Waals surface area contributed by atoms with E-state index in [1.165, 1.54) is 13.2 Å². The van der Waals surface area contributed by atoms with Gasteiger partial charge in [-0.1, -0.05) is 26.0 Å². The van der Waals surface area contributed by atoms with Crippen molar-refractivity contribution in [3.8, 4) is 17.3 Å². The molecule has 0 saturated heterocycles. The molecule has 1 aliphatic heterocycles. The Kier molecular flexibility index (Phi) is 6.47. The van der Waals surface area contributed by atoms with Crippen LogP contribution in [0.15, 0.2) is 42.7 Å². The average molecular weight is 445 g/mol. The van der Waals surface area contributed by atoms with Crippen molar-refractivity contribution in [1.29, 1.82) is 0 Å². The fraction of sp³-hybridized carbons (Fsp3) is 0.238. The molecule has 3 heterocycles. The number of ether oxygens (including phenoxy) is 1. The number of rotatable bonds is 4. The monoisotopic (exact) mass is 445 g/mol. The molecule has 0 radical (unpaired) electrons. The Hall–Kier alpha value is -3.89. The van der Waals surface area contributed by atoms with Gasteiger partial charge in [0.15, 0.2) is 0 Å². The van der Waals surface area contributed by atoms with E-state index in [1.807, 2.05) is 13.8 Å². The zero-order valence-corrected chi connectivity index (χ0v) is 17.3. The fourth-order valence-electron chi connectivity index (χ4n) is 2.94. The Labute approximate surface area is 181 Å². The summed E-state index contributed by atoms with van der Waals surface area (Å²) in [4.78, 5) is 41.0. The van der Waals surface area contributed by atoms with E-state index < -0.39 is 23.8 Å². The lowest BCUT2D eigenvalue weighted by molar-refractivity contribution is -0.145. The highest BCUT2D eigenvalue weighted by Crippen LogP contribution is 2.28. The fourth-order valence-corrected chi connectivity index (χ4v) is 2.94. The number of alkyl halides is 3. The van der Waals surface area contributed by atoms with Gasteiger partial charge in [0.2, 0.25) is 5.82 Å². The molecule has 32 heavy (non-hydrogen) atoms. The number of halogens is 3. The molecule has 0 spiro atoms. The normalized spacial score (nSPS) is 12.9. The molecule has 0 fully saturated rings. The number of nitrogens with zero attached hydrogens (tertiary/aromatic N) is 5. The van der Waals surface area contributed by atoms with Crippen molar-refractivity contribution in [2.24, 2.45) is 0 Å². The molecule has 3 aromatic rings. The van der Waals surface area contributed by atoms with Crippen LogP contribution in [-0.4, -0.2) is 43.8 Å². The highest BCUT2D eigenvalue weighted by molar-refractivity contribution is 6.21. The third kappa shape index (κ3) is 4.41. The standard InChI is InChI=1S/C19H12F3N5O3.C2H6/c1-30-18-25-11(9-27-15(28)12-4-2-3-5-13(12)16(27)29)6-14(26-18)10-7-23-17(24-8-10)19(20,21)22;1-2/h2-8H,9H2,1H3;1-2H3. The summed E-state index contributed by atoms with van der Waals surface area (Å²) < 4.78 is 43.1. The van der Waals surface area contributed by atoms with Crippen LogP contribution in [0.1, 0.15) is 46.1 Å². The maximum absolute atomic E-state index is 12.7. The summed E-state index contributed by atoms with van der Waals surface area (Å²) in [6.45, 7) is 3.83. The minimum absolute atomic E-state index is 0.0843. The smallest absolute Gasteiger partial charge is 0.451 e. The van der Waals surface area contributed by atoms with Gasteiger partial charge >= 0.3 is 12.2 Å². The molecular formula is C21H18F3N5O3. The van der Waals surface area contributed by atoms with E-state index in [1.54, 1.807) is 24.3 Å². The quantitative estimate of drug-likeness (QED) is 0.564. The van der Waals surface area contributed by atoms with E-state index in [-0.39, 0.29) is 29.5 Å². The Bertz CT molecular complexity index is 1120. The first-order valence-corrected chi connectivity index (χ1v) is 9.54. The first-order chi connectivity index (χ1) is 15.3. The van der Waals surface area contributed by atoms with Gasteiger partial charge in [-0.25, -0.2) is 9.97 Å². The number of hydrogen-bond donors (Lipinski definition) is 0. The second-order valence-corrected chi connectivity index (χ2v) is 6.27. The number of fused-ring (bicyclic) bond motifs is 1. The largest absolute Gasteiger partial charge is 0.467 e. The van der Waals surface area contributed by atoms with Crippen molar-refractivity contribution >= 4 is 11.8 Å². The van der Waals surface area contributed by atoms with Crippen molar-refractivity contribution < 1.29 is 27.5 Å². The number of hydrogen-bond acceptors (Lipinski definition) is 7. The number of carbonyl (C=O) groups is 2. The zero-order valence-electron chi connectivity index (χ0n) is 17.3. The summed E-state index contributed by atoms with van der Waals surface area (Å²) in [7, 11) is 1.31. The molecule has 0 saturated carbocycles. The van der Waals surface area contributed by atoms with E-state index in [0.29, 0.717) is 11.1 Å². The maximum Gasteiger partial charge on any atom is 0.451 e. The van der Waals surface area contributed by atoms with Gasteiger partial charge in [0.25, 0.3) is 11.8 Å². The number of methoxy groups -OCH3 is 1. The molecule has 0 unspecified atom stereocenters. The predicted octanol–water partition coefficient (Wildman–Crippen LogP) is 3.78. The van der Waals surface area contributed by atoms with Crippen LogP contribution in [0.3, 0.4) is 0 Å². The maximum atomic E-state index is 12.7. The molecule has 1 aliphatic rings. The van der Waals surface area contributed by atoms with E-state index >= 15 is 0 Å². The lowest BCUT2D eigenvalue weighted by Gasteiger charge is -2.14. The Morgan fingerprint density at radius 3 is 2.03 bits per heavy atom. The average Bonchev–Trinajstić information content (AvgIpc) is 3.05. The van der Waals surface area contributed by atoms with Crippen molar-refractivity contribution in [2.45, 2.75) is 26.6 Å². The second kappa shape index (κ2) is 9.08. The highest BCUT2D eigenvalue weighted by atomic mass is 19.4. The van der Waals surface area contributed by atoms with Gasteiger partial charge in [0.1, 0.15) is 0 Å². The zero-order chi connectivity index (χ0) is 23.5. The SMILES string of the molecule is CC.COc1nc(CN2C(=O)c3ccccc3C2=O)cc(-c2cnc(C(F)(F)F)nc2)n1. The molecule has 4 rings (SSSR count). The van der Waals surface area contributed by atoms with Crippen LogP contribution in [0.5, 0.6) is 6.01 Å². The predicted molar refractivity (Wildman–Crippen MR) is 107 cm³/mol. The van der Waals surface area contributed by atoms with Gasteiger partial charge < -0.3 is 4.74 Å². The summed E-state index contributed by atoms with van der Waals surface area (Å²) in [5, 5.41) is 0. The Morgan fingerprint density at radius 1 is 0.969 bits per heavy atom. The third-order valence-corrected chi connectivity index (χ3v) is 4.34. The second-order valence-electron chi connectivity index (χ2n) is 6.27. The van der Waals surface area contributed by atoms with Gasteiger partial charge in [-0.2, -0.15) is 23.1 Å². The van der Waals surface area contributed by atoms with E-state index in [0.717, 1.165) is 17.3 Å². The Morgan fingerprint density at radius 2 is 1.53 bits per heavy atom. The van der Waals surface area contributed by atoms with Crippen molar-refractivity contribution in [1.82, 2.24) is 24.8 Å². The number of amides is 2. The lowest BCUT2D eigenvalue weighted by Crippen LogP contribution is -2.29. The van der Waals surface area contributed by atoms with Crippen LogP contribution in [0.25, 0.3) is 11.3 Å². The molecule has 0 N–H and O–H groups in total. The third-order valence-electron chi connectivity index (χ3n) is 4.34. The van der Waals surface area contributed by atoms with Crippen LogP contribution >= 0.6 is 0 Å². The van der Waals surface area contributed by atoms with Crippen molar-refractivity contribution in [2.75, 3.05) is 7.11 Å². The summed E-state index contributed by atoms with van der Waals surface area (Å²) in [6, 6.07) is 7.77. The Balaban J connectivity index is 0.00000141. The van der Waals surface area contributed by atoms with Gasteiger partial charge in [-0.15, -0.1) is 0 Å². The molecule has 0 atom stereocenters. The first kappa shape index (κ1) is 22.8. The van der Waals surface area contributed by atoms with E-state index in [9.17, 15) is 22.8 Å². The summed E-state index contributed by atoms with van der Waals surface area (Å²) in [5.74, 6) is -2.21. The van der Waals surface area contributed by atoms with Crippen LogP contribution in [0, 0.1) is 0 Å². The molecule has 1 aromatic carbocycles. The van der Waals surface area contributed by atoms with Crippen LogP contribution < -0.4 is 4.74 Å². The molecule has 0 aliphatic carbocycles. The summed E-state index contributed by atoms with van der Waals surface area (Å²) in [6.07, 6.45) is -2.72. The van der Waals surface area contributed by atoms with Crippen molar-refractivity contribution in [3.05, 3.63) is 65.4 Å². The van der Waals surface area contributed by atoms with E-state index in [2.05, 4.69) is 19.9 Å². The molecular weight excluding hydrogens is 427 g/mol. The van der Waals surface area contributed by atoms with Gasteiger partial charge in [0, 0.05) is 18.0 Å². The number of imide groups is 1. The first-order valence-electron chi connectivity index (χ1n) is 9.54. The molecule has 2 amide bonds. The molecule has 166 valence electrons. The van der Waals surface area contributed by atoms with Crippen molar-refractivity contribution in [3.63, 3.8) is 0 Å². The number of aromatic nitrogens is 4. The summed E-state index contributed by atoms with van der Waals surface area (Å²) in [5.41, 5.74) is 1.21.